The quantitative estimate of drug-likeness (QED) is 0.297. The van der Waals surface area contributed by atoms with Gasteiger partial charge in [-0.2, -0.15) is 0 Å². The van der Waals surface area contributed by atoms with Crippen LogP contribution in [0.4, 0.5) is 22.0 Å². The molecule has 1 aromatic rings. The predicted octanol–water partition coefficient (Wildman–Crippen LogP) is 2.53. The Morgan fingerprint density at radius 2 is 1.47 bits per heavy atom. The van der Waals surface area contributed by atoms with E-state index in [4.69, 9.17) is 0 Å². The number of benzene rings is 1. The van der Waals surface area contributed by atoms with Crippen LogP contribution in [0.2, 0.25) is 0 Å². The van der Waals surface area contributed by atoms with Crippen molar-refractivity contribution < 1.29 is 26.7 Å². The fourth-order valence-corrected chi connectivity index (χ4v) is 1.26. The first-order valence-electron chi connectivity index (χ1n) is 5.11. The first-order chi connectivity index (χ1) is 8.91. The van der Waals surface area contributed by atoms with Crippen LogP contribution in [-0.2, 0) is 0 Å². The van der Waals surface area contributed by atoms with E-state index in [1.807, 2.05) is 5.32 Å². The summed E-state index contributed by atoms with van der Waals surface area (Å²) in [4.78, 5) is 11.4. The molecule has 1 N–H and O–H groups in total. The molecule has 2 nitrogen and oxygen atoms in total. The number of carbonyl (C=O) groups excluding carboxylic acids is 1. The topological polar surface area (TPSA) is 29.1 Å². The van der Waals surface area contributed by atoms with Gasteiger partial charge >= 0.3 is 0 Å². The molecule has 1 aromatic carbocycles. The van der Waals surface area contributed by atoms with Gasteiger partial charge in [0, 0.05) is 13.0 Å². The molecular weight excluding hydrogens is 269 g/mol. The molecule has 7 heteroatoms. The highest BCUT2D eigenvalue weighted by molar-refractivity contribution is 5.94. The van der Waals surface area contributed by atoms with Crippen LogP contribution in [-0.4, -0.2) is 12.5 Å². The summed E-state index contributed by atoms with van der Waals surface area (Å²) in [5.41, 5.74) is -1.50. The normalized spacial score (nSPS) is 9.79. The number of hydrogen-bond acceptors (Lipinski definition) is 1. The maximum atomic E-state index is 13.2. The van der Waals surface area contributed by atoms with E-state index in [0.717, 1.165) is 0 Å². The molecule has 0 saturated carbocycles. The van der Waals surface area contributed by atoms with Gasteiger partial charge in [0.1, 0.15) is 5.56 Å². The van der Waals surface area contributed by atoms with Crippen LogP contribution in [0.3, 0.4) is 0 Å². The first kappa shape index (κ1) is 15.0. The lowest BCUT2D eigenvalue weighted by atomic mass is 10.1. The van der Waals surface area contributed by atoms with Gasteiger partial charge in [-0.25, -0.2) is 22.0 Å². The van der Waals surface area contributed by atoms with Crippen molar-refractivity contribution in [3.63, 3.8) is 0 Å². The summed E-state index contributed by atoms with van der Waals surface area (Å²) in [5, 5.41) is 2.01. The molecule has 0 aromatic heterocycles. The summed E-state index contributed by atoms with van der Waals surface area (Å²) in [6.07, 6.45) is 0.192. The summed E-state index contributed by atoms with van der Waals surface area (Å²) < 4.78 is 64.9. The maximum Gasteiger partial charge on any atom is 0.257 e. The average molecular weight is 277 g/mol. The van der Waals surface area contributed by atoms with Crippen LogP contribution in [0.1, 0.15) is 23.7 Å². The van der Waals surface area contributed by atoms with Crippen molar-refractivity contribution in [2.45, 2.75) is 13.3 Å². The minimum atomic E-state index is -2.30. The third kappa shape index (κ3) is 3.02. The molecule has 0 spiro atoms. The van der Waals surface area contributed by atoms with E-state index in [1.54, 1.807) is 6.92 Å². The zero-order valence-electron chi connectivity index (χ0n) is 9.71. The van der Waals surface area contributed by atoms with Crippen LogP contribution >= 0.6 is 0 Å². The van der Waals surface area contributed by atoms with Crippen molar-refractivity contribution in [3.05, 3.63) is 34.6 Å². The number of hydrogen-bond donors (Lipinski definition) is 1. The highest BCUT2D eigenvalue weighted by Gasteiger charge is 2.29. The molecule has 0 aliphatic carbocycles. The second-order valence-corrected chi connectivity index (χ2v) is 3.38. The van der Waals surface area contributed by atoms with E-state index in [0.29, 0.717) is 0 Å². The van der Waals surface area contributed by atoms with Gasteiger partial charge in [0.15, 0.2) is 23.3 Å². The van der Waals surface area contributed by atoms with Crippen molar-refractivity contribution in [1.82, 2.24) is 5.32 Å². The van der Waals surface area contributed by atoms with Crippen LogP contribution in [0.15, 0.2) is 0 Å². The van der Waals surface area contributed by atoms with E-state index in [1.165, 1.54) is 0 Å². The number of halogens is 5. The van der Waals surface area contributed by atoms with Crippen molar-refractivity contribution in [2.75, 3.05) is 6.54 Å². The number of nitrogens with one attached hydrogen (secondary N) is 1. The third-order valence-corrected chi connectivity index (χ3v) is 2.15. The fraction of sp³-hybridized carbons (Fsp3) is 0.250. The molecule has 1 amide bonds. The zero-order valence-corrected chi connectivity index (χ0v) is 9.71. The molecule has 1 rings (SSSR count). The first-order valence-corrected chi connectivity index (χ1v) is 5.11. The van der Waals surface area contributed by atoms with E-state index in [2.05, 4.69) is 11.8 Å². The molecule has 0 heterocycles. The lowest BCUT2D eigenvalue weighted by Crippen LogP contribution is -2.27. The van der Waals surface area contributed by atoms with Gasteiger partial charge in [0.25, 0.3) is 5.91 Å². The summed E-state index contributed by atoms with van der Waals surface area (Å²) in [6.45, 7) is 1.48. The Bertz CT molecular complexity index is 545. The SMILES string of the molecule is CC#CCCNC(=O)c1c(F)c(F)c(F)c(F)c1F. The van der Waals surface area contributed by atoms with Gasteiger partial charge in [-0.3, -0.25) is 4.79 Å². The van der Waals surface area contributed by atoms with Crippen LogP contribution in [0, 0.1) is 40.9 Å². The van der Waals surface area contributed by atoms with Crippen LogP contribution in [0.25, 0.3) is 0 Å². The van der Waals surface area contributed by atoms with Gasteiger partial charge in [0.2, 0.25) is 5.82 Å². The fourth-order valence-electron chi connectivity index (χ4n) is 1.26. The van der Waals surface area contributed by atoms with Gasteiger partial charge in [-0.05, 0) is 6.92 Å². The zero-order chi connectivity index (χ0) is 14.6. The van der Waals surface area contributed by atoms with Gasteiger partial charge < -0.3 is 5.32 Å². The summed E-state index contributed by atoms with van der Waals surface area (Å²) in [7, 11) is 0. The van der Waals surface area contributed by atoms with Gasteiger partial charge in [-0.15, -0.1) is 11.8 Å². The Hall–Kier alpha value is -2.10. The Morgan fingerprint density at radius 1 is 1.00 bits per heavy atom. The summed E-state index contributed by atoms with van der Waals surface area (Å²) in [6, 6.07) is 0. The molecule has 0 fully saturated rings. The molecule has 0 atom stereocenters. The highest BCUT2D eigenvalue weighted by atomic mass is 19.2. The molecule has 0 aliphatic rings. The number of amides is 1. The van der Waals surface area contributed by atoms with Crippen LogP contribution in [0.5, 0.6) is 0 Å². The molecule has 0 saturated heterocycles. The highest BCUT2D eigenvalue weighted by Crippen LogP contribution is 2.22. The number of carbonyl (C=O) groups is 1. The summed E-state index contributed by atoms with van der Waals surface area (Å²) >= 11 is 0. The van der Waals surface area contributed by atoms with Crippen molar-refractivity contribution in [1.29, 1.82) is 0 Å². The maximum absolute atomic E-state index is 13.2. The molecule has 102 valence electrons. The predicted molar refractivity (Wildman–Crippen MR) is 56.6 cm³/mol. The second-order valence-electron chi connectivity index (χ2n) is 3.38. The molecule has 0 bridgehead atoms. The Kier molecular flexibility index (Phi) is 4.87. The molecule has 0 aliphatic heterocycles. The largest absolute Gasteiger partial charge is 0.351 e. The Balaban J connectivity index is 3.06. The van der Waals surface area contributed by atoms with Gasteiger partial charge in [-0.1, -0.05) is 0 Å². The molecule has 19 heavy (non-hydrogen) atoms. The van der Waals surface area contributed by atoms with E-state index >= 15 is 0 Å². The minimum absolute atomic E-state index is 0.0703. The summed E-state index contributed by atoms with van der Waals surface area (Å²) in [5.74, 6) is -7.24. The van der Waals surface area contributed by atoms with Crippen LogP contribution < -0.4 is 5.32 Å². The third-order valence-electron chi connectivity index (χ3n) is 2.15. The lowest BCUT2D eigenvalue weighted by molar-refractivity contribution is 0.0943. The Morgan fingerprint density at radius 3 is 1.95 bits per heavy atom. The Labute approximate surface area is 105 Å². The van der Waals surface area contributed by atoms with E-state index in [-0.39, 0.29) is 13.0 Å². The van der Waals surface area contributed by atoms with E-state index in [9.17, 15) is 26.7 Å². The standard InChI is InChI=1S/C12H8F5NO/c1-2-3-4-5-18-12(19)6-7(13)9(15)11(17)10(16)8(6)14/h4-5H2,1H3,(H,18,19). The average Bonchev–Trinajstić information content (AvgIpc) is 2.39. The van der Waals surface area contributed by atoms with Crippen molar-refractivity contribution in [2.24, 2.45) is 0 Å². The smallest absolute Gasteiger partial charge is 0.257 e. The molecule has 0 radical (unpaired) electrons. The lowest BCUT2D eigenvalue weighted by Gasteiger charge is -2.08. The molecule has 0 unspecified atom stereocenters. The van der Waals surface area contributed by atoms with Crippen molar-refractivity contribution >= 4 is 5.91 Å². The molecular formula is C12H8F5NO. The second kappa shape index (κ2) is 6.18. The van der Waals surface area contributed by atoms with Gasteiger partial charge in [0.05, 0.1) is 0 Å². The monoisotopic (exact) mass is 277 g/mol. The minimum Gasteiger partial charge on any atom is -0.351 e. The van der Waals surface area contributed by atoms with Crippen molar-refractivity contribution in [3.8, 4) is 11.8 Å². The number of rotatable bonds is 3. The van der Waals surface area contributed by atoms with E-state index < -0.39 is 40.6 Å².